The Bertz CT molecular complexity index is 840. The second kappa shape index (κ2) is 6.89. The molecule has 0 spiro atoms. The minimum absolute atomic E-state index is 0.362. The van der Waals surface area contributed by atoms with Gasteiger partial charge >= 0.3 is 0 Å². The zero-order valence-corrected chi connectivity index (χ0v) is 15.2. The number of anilines is 2. The first kappa shape index (κ1) is 16.2. The third-order valence-electron chi connectivity index (χ3n) is 4.83. The van der Waals surface area contributed by atoms with Crippen LogP contribution in [0.5, 0.6) is 0 Å². The third kappa shape index (κ3) is 3.27. The van der Waals surface area contributed by atoms with Crippen molar-refractivity contribution < 1.29 is 0 Å². The van der Waals surface area contributed by atoms with Gasteiger partial charge in [-0.05, 0) is 24.6 Å². The summed E-state index contributed by atoms with van der Waals surface area (Å²) in [6.07, 6.45) is 3.66. The quantitative estimate of drug-likeness (QED) is 0.770. The number of fused-ring (bicyclic) bond motifs is 1. The Morgan fingerprint density at radius 1 is 1.04 bits per heavy atom. The molecule has 1 unspecified atom stereocenters. The van der Waals surface area contributed by atoms with Gasteiger partial charge in [0.05, 0.1) is 29.8 Å². The molecule has 1 aliphatic rings. The van der Waals surface area contributed by atoms with E-state index in [1.807, 2.05) is 19.4 Å². The number of piperazine rings is 1. The standard InChI is InChI=1S/C17H21N7S/c1-12(13-3-4-15-16(9-13)22-25-21-15)23-5-7-24(8-6-23)17-19-10-14(18-2)11-20-17/h3-4,9-12,18H,5-8H2,1-2H3. The number of benzene rings is 1. The summed E-state index contributed by atoms with van der Waals surface area (Å²) >= 11 is 1.27. The zero-order valence-electron chi connectivity index (χ0n) is 14.4. The molecular weight excluding hydrogens is 334 g/mol. The molecule has 7 nitrogen and oxygen atoms in total. The molecule has 25 heavy (non-hydrogen) atoms. The first-order chi connectivity index (χ1) is 12.2. The van der Waals surface area contributed by atoms with Crippen LogP contribution in [0.3, 0.4) is 0 Å². The van der Waals surface area contributed by atoms with E-state index in [-0.39, 0.29) is 0 Å². The van der Waals surface area contributed by atoms with E-state index in [1.54, 1.807) is 0 Å². The Labute approximate surface area is 151 Å². The molecule has 1 aromatic carbocycles. The van der Waals surface area contributed by atoms with Crippen LogP contribution in [-0.4, -0.2) is 56.8 Å². The molecule has 1 fully saturated rings. The average Bonchev–Trinajstić information content (AvgIpc) is 3.15. The van der Waals surface area contributed by atoms with Gasteiger partial charge in [0.15, 0.2) is 0 Å². The summed E-state index contributed by atoms with van der Waals surface area (Å²) in [6.45, 7) is 6.11. The van der Waals surface area contributed by atoms with Crippen molar-refractivity contribution in [2.75, 3.05) is 43.4 Å². The summed E-state index contributed by atoms with van der Waals surface area (Å²) in [4.78, 5) is 13.6. The molecule has 130 valence electrons. The molecule has 1 aliphatic heterocycles. The second-order valence-corrected chi connectivity index (χ2v) is 6.76. The second-order valence-electron chi connectivity index (χ2n) is 6.23. The predicted molar refractivity (Wildman–Crippen MR) is 101 cm³/mol. The van der Waals surface area contributed by atoms with Gasteiger partial charge in [-0.3, -0.25) is 4.90 Å². The van der Waals surface area contributed by atoms with Crippen LogP contribution in [0.2, 0.25) is 0 Å². The normalized spacial score (nSPS) is 17.0. The highest BCUT2D eigenvalue weighted by molar-refractivity contribution is 7.00. The van der Waals surface area contributed by atoms with Crippen LogP contribution >= 0.6 is 11.7 Å². The highest BCUT2D eigenvalue weighted by atomic mass is 32.1. The highest BCUT2D eigenvalue weighted by Crippen LogP contribution is 2.25. The van der Waals surface area contributed by atoms with Crippen LogP contribution in [0, 0.1) is 0 Å². The smallest absolute Gasteiger partial charge is 0.225 e. The van der Waals surface area contributed by atoms with Crippen LogP contribution < -0.4 is 10.2 Å². The largest absolute Gasteiger partial charge is 0.386 e. The highest BCUT2D eigenvalue weighted by Gasteiger charge is 2.23. The number of nitrogens with one attached hydrogen (secondary N) is 1. The lowest BCUT2D eigenvalue weighted by Crippen LogP contribution is -2.47. The number of nitrogens with zero attached hydrogens (tertiary/aromatic N) is 6. The molecule has 4 rings (SSSR count). The van der Waals surface area contributed by atoms with Crippen LogP contribution in [0.15, 0.2) is 30.6 Å². The van der Waals surface area contributed by atoms with Gasteiger partial charge in [0.25, 0.3) is 0 Å². The van der Waals surface area contributed by atoms with Crippen LogP contribution in [0.25, 0.3) is 11.0 Å². The minimum Gasteiger partial charge on any atom is -0.386 e. The SMILES string of the molecule is CNc1cnc(N2CCN(C(C)c3ccc4nsnc4c3)CC2)nc1. The Morgan fingerprint density at radius 2 is 1.76 bits per heavy atom. The van der Waals surface area contributed by atoms with Gasteiger partial charge in [0.1, 0.15) is 11.0 Å². The zero-order chi connectivity index (χ0) is 17.2. The summed E-state index contributed by atoms with van der Waals surface area (Å²) in [6, 6.07) is 6.76. The van der Waals surface area contributed by atoms with Gasteiger partial charge in [-0.15, -0.1) is 0 Å². The van der Waals surface area contributed by atoms with Crippen molar-refractivity contribution in [2.45, 2.75) is 13.0 Å². The van der Waals surface area contributed by atoms with Crippen LogP contribution in [0.1, 0.15) is 18.5 Å². The van der Waals surface area contributed by atoms with Crippen molar-refractivity contribution in [1.29, 1.82) is 0 Å². The van der Waals surface area contributed by atoms with E-state index in [0.29, 0.717) is 6.04 Å². The maximum atomic E-state index is 4.45. The lowest BCUT2D eigenvalue weighted by atomic mass is 10.1. The molecule has 1 saturated heterocycles. The average molecular weight is 355 g/mol. The maximum Gasteiger partial charge on any atom is 0.225 e. The van der Waals surface area contributed by atoms with E-state index in [0.717, 1.165) is 48.8 Å². The van der Waals surface area contributed by atoms with E-state index in [2.05, 4.69) is 59.0 Å². The van der Waals surface area contributed by atoms with Crippen molar-refractivity contribution in [3.8, 4) is 0 Å². The van der Waals surface area contributed by atoms with Gasteiger partial charge < -0.3 is 10.2 Å². The topological polar surface area (TPSA) is 70.1 Å². The molecule has 1 N–H and O–H groups in total. The molecule has 0 bridgehead atoms. The predicted octanol–water partition coefficient (Wildman–Crippen LogP) is 2.41. The van der Waals surface area contributed by atoms with E-state index >= 15 is 0 Å². The van der Waals surface area contributed by atoms with Crippen molar-refractivity contribution in [3.05, 3.63) is 36.2 Å². The summed E-state index contributed by atoms with van der Waals surface area (Å²) in [5.41, 5.74) is 4.20. The van der Waals surface area contributed by atoms with Gasteiger partial charge in [-0.25, -0.2) is 9.97 Å². The maximum absolute atomic E-state index is 4.45. The third-order valence-corrected chi connectivity index (χ3v) is 5.39. The molecule has 0 saturated carbocycles. The van der Waals surface area contributed by atoms with Crippen molar-refractivity contribution in [3.63, 3.8) is 0 Å². The fourth-order valence-corrected chi connectivity index (χ4v) is 3.71. The molecule has 1 atom stereocenters. The lowest BCUT2D eigenvalue weighted by Gasteiger charge is -2.38. The fourth-order valence-electron chi connectivity index (χ4n) is 3.19. The molecule has 3 aromatic rings. The Hall–Kier alpha value is -2.32. The number of aromatic nitrogens is 4. The van der Waals surface area contributed by atoms with Crippen LogP contribution in [-0.2, 0) is 0 Å². The summed E-state index contributed by atoms with van der Waals surface area (Å²) in [5.74, 6) is 0.807. The Morgan fingerprint density at radius 3 is 2.48 bits per heavy atom. The molecule has 8 heteroatoms. The van der Waals surface area contributed by atoms with Crippen molar-refractivity contribution >= 4 is 34.4 Å². The Balaban J connectivity index is 1.41. The van der Waals surface area contributed by atoms with Crippen molar-refractivity contribution in [1.82, 2.24) is 23.6 Å². The monoisotopic (exact) mass is 355 g/mol. The van der Waals surface area contributed by atoms with Gasteiger partial charge in [0.2, 0.25) is 5.95 Å². The molecule has 3 heterocycles. The van der Waals surface area contributed by atoms with Crippen LogP contribution in [0.4, 0.5) is 11.6 Å². The summed E-state index contributed by atoms with van der Waals surface area (Å²) in [5, 5.41) is 3.05. The molecule has 0 aliphatic carbocycles. The van der Waals surface area contributed by atoms with Crippen molar-refractivity contribution in [2.24, 2.45) is 0 Å². The van der Waals surface area contributed by atoms with E-state index in [4.69, 9.17) is 0 Å². The molecule has 0 radical (unpaired) electrons. The number of hydrogen-bond donors (Lipinski definition) is 1. The van der Waals surface area contributed by atoms with Gasteiger partial charge in [-0.1, -0.05) is 6.07 Å². The Kier molecular flexibility index (Phi) is 4.46. The molecular formula is C17H21N7S. The number of hydrogen-bond acceptors (Lipinski definition) is 8. The van der Waals surface area contributed by atoms with Gasteiger partial charge in [-0.2, -0.15) is 8.75 Å². The summed E-state index contributed by atoms with van der Waals surface area (Å²) < 4.78 is 8.63. The van der Waals surface area contributed by atoms with E-state index in [1.165, 1.54) is 17.3 Å². The molecule has 0 amide bonds. The van der Waals surface area contributed by atoms with Gasteiger partial charge in [0, 0.05) is 39.3 Å². The summed E-state index contributed by atoms with van der Waals surface area (Å²) in [7, 11) is 1.87. The fraction of sp³-hybridized carbons (Fsp3) is 0.412. The minimum atomic E-state index is 0.362. The first-order valence-corrected chi connectivity index (χ1v) is 9.18. The van der Waals surface area contributed by atoms with E-state index < -0.39 is 0 Å². The first-order valence-electron chi connectivity index (χ1n) is 8.45. The van der Waals surface area contributed by atoms with E-state index in [9.17, 15) is 0 Å². The number of rotatable bonds is 4. The lowest BCUT2D eigenvalue weighted by molar-refractivity contribution is 0.198. The molecule has 2 aromatic heterocycles.